The van der Waals surface area contributed by atoms with E-state index < -0.39 is 12.5 Å². The second-order valence-corrected chi connectivity index (χ2v) is 3.18. The lowest BCUT2D eigenvalue weighted by atomic mass is 10.2. The molecule has 3 nitrogen and oxygen atoms in total. The van der Waals surface area contributed by atoms with Crippen LogP contribution >= 0.6 is 0 Å². The molecule has 1 N–H and O–H groups in total. The van der Waals surface area contributed by atoms with Gasteiger partial charge in [0.25, 0.3) is 6.43 Å². The third-order valence-electron chi connectivity index (χ3n) is 2.30. The van der Waals surface area contributed by atoms with Gasteiger partial charge < -0.3 is 4.90 Å². The normalized spacial score (nSPS) is 25.8. The lowest BCUT2D eigenvalue weighted by Gasteiger charge is -2.29. The monoisotopic (exact) mass is 192 g/mol. The topological polar surface area (TPSA) is 32.3 Å². The summed E-state index contributed by atoms with van der Waals surface area (Å²) in [5, 5.41) is 2.88. The Balaban J connectivity index is 2.69. The highest BCUT2D eigenvalue weighted by Crippen LogP contribution is 2.17. The number of amides is 1. The maximum atomic E-state index is 12.3. The van der Waals surface area contributed by atoms with E-state index in [4.69, 9.17) is 0 Å². The molecule has 1 aliphatic heterocycles. The SMILES string of the molecule is CCC1NCC(=O)N1C(C)C(F)F. The van der Waals surface area contributed by atoms with E-state index >= 15 is 0 Å². The molecule has 0 aromatic rings. The number of nitrogens with one attached hydrogen (secondary N) is 1. The zero-order chi connectivity index (χ0) is 10.0. The molecule has 5 heteroatoms. The van der Waals surface area contributed by atoms with E-state index in [1.807, 2.05) is 6.92 Å². The Hall–Kier alpha value is -0.710. The van der Waals surface area contributed by atoms with Crippen LogP contribution in [0.15, 0.2) is 0 Å². The Morgan fingerprint density at radius 1 is 1.69 bits per heavy atom. The Labute approximate surface area is 76.1 Å². The van der Waals surface area contributed by atoms with Crippen LogP contribution in [-0.4, -0.2) is 36.0 Å². The van der Waals surface area contributed by atoms with E-state index in [1.54, 1.807) is 0 Å². The van der Waals surface area contributed by atoms with Gasteiger partial charge >= 0.3 is 0 Å². The second kappa shape index (κ2) is 4.00. The predicted molar refractivity (Wildman–Crippen MR) is 44.4 cm³/mol. The first-order valence-corrected chi connectivity index (χ1v) is 4.40. The average Bonchev–Trinajstić information content (AvgIpc) is 2.45. The van der Waals surface area contributed by atoms with E-state index in [0.29, 0.717) is 6.42 Å². The number of nitrogens with zero attached hydrogens (tertiary/aromatic N) is 1. The number of halogens is 2. The van der Waals surface area contributed by atoms with Gasteiger partial charge in [-0.25, -0.2) is 8.78 Å². The molecule has 0 radical (unpaired) electrons. The van der Waals surface area contributed by atoms with Crippen LogP contribution in [0.1, 0.15) is 20.3 Å². The summed E-state index contributed by atoms with van der Waals surface area (Å²) in [5.41, 5.74) is 0. The summed E-state index contributed by atoms with van der Waals surface area (Å²) in [6.45, 7) is 3.41. The minimum absolute atomic E-state index is 0.176. The average molecular weight is 192 g/mol. The molecule has 1 saturated heterocycles. The standard InChI is InChI=1S/C8H14F2N2O/c1-3-6-11-4-7(13)12(6)5(2)8(9)10/h5-6,8,11H,3-4H2,1-2H3. The maximum Gasteiger partial charge on any atom is 0.258 e. The molecular formula is C8H14F2N2O. The zero-order valence-electron chi connectivity index (χ0n) is 7.76. The van der Waals surface area contributed by atoms with Crippen LogP contribution in [0.3, 0.4) is 0 Å². The summed E-state index contributed by atoms with van der Waals surface area (Å²) in [5.74, 6) is -0.236. The van der Waals surface area contributed by atoms with E-state index in [1.165, 1.54) is 11.8 Å². The van der Waals surface area contributed by atoms with Gasteiger partial charge in [-0.15, -0.1) is 0 Å². The summed E-state index contributed by atoms with van der Waals surface area (Å²) >= 11 is 0. The van der Waals surface area contributed by atoms with Gasteiger partial charge in [0.15, 0.2) is 0 Å². The third kappa shape index (κ3) is 1.96. The van der Waals surface area contributed by atoms with Crippen LogP contribution in [0, 0.1) is 0 Å². The van der Waals surface area contributed by atoms with Crippen molar-refractivity contribution >= 4 is 5.91 Å². The van der Waals surface area contributed by atoms with Crippen LogP contribution in [0.4, 0.5) is 8.78 Å². The van der Waals surface area contributed by atoms with Gasteiger partial charge in [-0.3, -0.25) is 10.1 Å². The summed E-state index contributed by atoms with van der Waals surface area (Å²) in [4.78, 5) is 12.5. The molecule has 2 unspecified atom stereocenters. The third-order valence-corrected chi connectivity index (χ3v) is 2.30. The largest absolute Gasteiger partial charge is 0.318 e. The predicted octanol–water partition coefficient (Wildman–Crippen LogP) is 0.808. The molecule has 0 aliphatic carbocycles. The van der Waals surface area contributed by atoms with Crippen molar-refractivity contribution in [2.75, 3.05) is 6.54 Å². The van der Waals surface area contributed by atoms with Crippen LogP contribution in [0.25, 0.3) is 0 Å². The fourth-order valence-electron chi connectivity index (χ4n) is 1.54. The van der Waals surface area contributed by atoms with Crippen molar-refractivity contribution in [3.05, 3.63) is 0 Å². The van der Waals surface area contributed by atoms with Crippen LogP contribution in [0.5, 0.6) is 0 Å². The van der Waals surface area contributed by atoms with E-state index in [2.05, 4.69) is 5.32 Å². The van der Waals surface area contributed by atoms with Crippen molar-refractivity contribution in [3.8, 4) is 0 Å². The Bertz CT molecular complexity index is 199. The number of hydrogen-bond acceptors (Lipinski definition) is 2. The first-order chi connectivity index (χ1) is 6.07. The van der Waals surface area contributed by atoms with Crippen molar-refractivity contribution in [1.82, 2.24) is 10.2 Å². The van der Waals surface area contributed by atoms with E-state index in [0.717, 1.165) is 0 Å². The molecule has 0 saturated carbocycles. The molecule has 0 aromatic heterocycles. The van der Waals surface area contributed by atoms with Gasteiger partial charge in [-0.05, 0) is 13.3 Å². The Kier molecular flexibility index (Phi) is 3.19. The van der Waals surface area contributed by atoms with Gasteiger partial charge in [0.1, 0.15) is 0 Å². The van der Waals surface area contributed by atoms with Gasteiger partial charge in [0, 0.05) is 0 Å². The lowest BCUT2D eigenvalue weighted by Crippen LogP contribution is -2.46. The molecule has 0 bridgehead atoms. The van der Waals surface area contributed by atoms with Crippen molar-refractivity contribution < 1.29 is 13.6 Å². The highest BCUT2D eigenvalue weighted by molar-refractivity contribution is 5.81. The van der Waals surface area contributed by atoms with E-state index in [9.17, 15) is 13.6 Å². The molecule has 1 rings (SSSR count). The first-order valence-electron chi connectivity index (χ1n) is 4.40. The molecule has 0 aromatic carbocycles. The van der Waals surface area contributed by atoms with Gasteiger partial charge in [0.2, 0.25) is 5.91 Å². The fourth-order valence-corrected chi connectivity index (χ4v) is 1.54. The van der Waals surface area contributed by atoms with Gasteiger partial charge in [-0.2, -0.15) is 0 Å². The van der Waals surface area contributed by atoms with Crippen LogP contribution in [-0.2, 0) is 4.79 Å². The molecular weight excluding hydrogens is 178 g/mol. The summed E-state index contributed by atoms with van der Waals surface area (Å²) < 4.78 is 24.7. The van der Waals surface area contributed by atoms with Gasteiger partial charge in [0.05, 0.1) is 18.8 Å². The van der Waals surface area contributed by atoms with Crippen LogP contribution in [0.2, 0.25) is 0 Å². The number of alkyl halides is 2. The zero-order valence-corrected chi connectivity index (χ0v) is 7.76. The Morgan fingerprint density at radius 2 is 2.31 bits per heavy atom. The molecule has 1 amide bonds. The number of carbonyl (C=O) groups excluding carboxylic acids is 1. The fraction of sp³-hybridized carbons (Fsp3) is 0.875. The highest BCUT2D eigenvalue weighted by Gasteiger charge is 2.36. The quantitative estimate of drug-likeness (QED) is 0.717. The summed E-state index contributed by atoms with van der Waals surface area (Å²) in [6.07, 6.45) is -2.04. The Morgan fingerprint density at radius 3 is 2.77 bits per heavy atom. The number of rotatable bonds is 3. The molecule has 13 heavy (non-hydrogen) atoms. The number of hydrogen-bond donors (Lipinski definition) is 1. The van der Waals surface area contributed by atoms with Crippen LogP contribution < -0.4 is 5.32 Å². The molecule has 1 fully saturated rings. The summed E-state index contributed by atoms with van der Waals surface area (Å²) in [6, 6.07) is -0.993. The minimum Gasteiger partial charge on any atom is -0.318 e. The van der Waals surface area contributed by atoms with E-state index in [-0.39, 0.29) is 18.6 Å². The second-order valence-electron chi connectivity index (χ2n) is 3.18. The van der Waals surface area contributed by atoms with Gasteiger partial charge in [-0.1, -0.05) is 6.92 Å². The maximum absolute atomic E-state index is 12.3. The van der Waals surface area contributed by atoms with Crippen molar-refractivity contribution in [3.63, 3.8) is 0 Å². The summed E-state index contributed by atoms with van der Waals surface area (Å²) in [7, 11) is 0. The number of carbonyl (C=O) groups is 1. The molecule has 0 spiro atoms. The van der Waals surface area contributed by atoms with Crippen molar-refractivity contribution in [2.45, 2.75) is 38.9 Å². The minimum atomic E-state index is -2.47. The first kappa shape index (κ1) is 10.4. The molecule has 2 atom stereocenters. The highest BCUT2D eigenvalue weighted by atomic mass is 19.3. The van der Waals surface area contributed by atoms with Crippen molar-refractivity contribution in [2.24, 2.45) is 0 Å². The van der Waals surface area contributed by atoms with Crippen molar-refractivity contribution in [1.29, 1.82) is 0 Å². The molecule has 1 aliphatic rings. The molecule has 76 valence electrons. The lowest BCUT2D eigenvalue weighted by molar-refractivity contribution is -0.133. The molecule has 1 heterocycles. The smallest absolute Gasteiger partial charge is 0.258 e.